The van der Waals surface area contributed by atoms with Crippen molar-refractivity contribution in [3.63, 3.8) is 0 Å². The lowest BCUT2D eigenvalue weighted by Crippen LogP contribution is -2.23. The second kappa shape index (κ2) is 8.29. The lowest BCUT2D eigenvalue weighted by atomic mass is 10.2. The van der Waals surface area contributed by atoms with E-state index in [1.165, 1.54) is 0 Å². The molecule has 112 valence electrons. The number of benzene rings is 2. The van der Waals surface area contributed by atoms with Gasteiger partial charge in [-0.25, -0.2) is 0 Å². The molecule has 0 radical (unpaired) electrons. The number of halogens is 1. The summed E-state index contributed by atoms with van der Waals surface area (Å²) < 4.78 is 0. The molecule has 2 aromatic rings. The number of aliphatic hydroxyl groups is 2. The standard InChI is InChI=1S/C16H18ClNO2S/c17-14-6-2-1-5-12(14)11-21-16-8-4-3-7-15(16)18-9-13(20)10-19/h1-8,13,18-20H,9-11H2. The van der Waals surface area contributed by atoms with Gasteiger partial charge in [-0.15, -0.1) is 11.8 Å². The van der Waals surface area contributed by atoms with Gasteiger partial charge in [-0.2, -0.15) is 0 Å². The summed E-state index contributed by atoms with van der Waals surface area (Å²) in [4.78, 5) is 1.09. The van der Waals surface area contributed by atoms with Crippen LogP contribution in [0, 0.1) is 0 Å². The zero-order valence-electron chi connectivity index (χ0n) is 11.5. The second-order valence-corrected chi connectivity index (χ2v) is 6.02. The van der Waals surface area contributed by atoms with Crippen molar-refractivity contribution in [3.05, 3.63) is 59.1 Å². The first-order valence-corrected chi connectivity index (χ1v) is 8.05. The van der Waals surface area contributed by atoms with Crippen molar-refractivity contribution in [2.75, 3.05) is 18.5 Å². The molecular weight excluding hydrogens is 306 g/mol. The third-order valence-corrected chi connectivity index (χ3v) is 4.46. The summed E-state index contributed by atoms with van der Waals surface area (Å²) in [6.45, 7) is 0.0715. The first kappa shape index (κ1) is 16.2. The molecule has 5 heteroatoms. The van der Waals surface area contributed by atoms with Crippen molar-refractivity contribution in [1.29, 1.82) is 0 Å². The Hall–Kier alpha value is -1.20. The van der Waals surface area contributed by atoms with E-state index in [1.807, 2.05) is 48.5 Å². The number of thioether (sulfide) groups is 1. The molecule has 0 amide bonds. The highest BCUT2D eigenvalue weighted by atomic mass is 35.5. The highest BCUT2D eigenvalue weighted by Crippen LogP contribution is 2.31. The van der Waals surface area contributed by atoms with Crippen LogP contribution in [0.5, 0.6) is 0 Å². The van der Waals surface area contributed by atoms with E-state index in [1.54, 1.807) is 11.8 Å². The van der Waals surface area contributed by atoms with Crippen LogP contribution < -0.4 is 5.32 Å². The van der Waals surface area contributed by atoms with Gasteiger partial charge in [0.15, 0.2) is 0 Å². The molecule has 1 atom stereocenters. The van der Waals surface area contributed by atoms with Gasteiger partial charge in [-0.05, 0) is 23.8 Å². The fourth-order valence-electron chi connectivity index (χ4n) is 1.80. The molecule has 0 saturated heterocycles. The Morgan fingerprint density at radius 3 is 2.57 bits per heavy atom. The quantitative estimate of drug-likeness (QED) is 0.684. The SMILES string of the molecule is OCC(O)CNc1ccccc1SCc1ccccc1Cl. The predicted octanol–water partition coefficient (Wildman–Crippen LogP) is 3.40. The Morgan fingerprint density at radius 2 is 1.81 bits per heavy atom. The summed E-state index contributed by atoms with van der Waals surface area (Å²) in [6, 6.07) is 15.7. The summed E-state index contributed by atoms with van der Waals surface area (Å²) >= 11 is 7.84. The maximum absolute atomic E-state index is 9.42. The van der Waals surface area contributed by atoms with Gasteiger partial charge in [-0.3, -0.25) is 0 Å². The van der Waals surface area contributed by atoms with E-state index in [2.05, 4.69) is 5.32 Å². The minimum absolute atomic E-state index is 0.248. The van der Waals surface area contributed by atoms with Crippen LogP contribution in [0.15, 0.2) is 53.4 Å². The Morgan fingerprint density at radius 1 is 1.10 bits per heavy atom. The largest absolute Gasteiger partial charge is 0.394 e. The fraction of sp³-hybridized carbons (Fsp3) is 0.250. The van der Waals surface area contributed by atoms with Crippen LogP contribution >= 0.6 is 23.4 Å². The predicted molar refractivity (Wildman–Crippen MR) is 89.0 cm³/mol. The van der Waals surface area contributed by atoms with E-state index in [0.717, 1.165) is 26.9 Å². The molecule has 0 aliphatic rings. The molecule has 0 heterocycles. The minimum Gasteiger partial charge on any atom is -0.394 e. The molecule has 0 aliphatic carbocycles. The average Bonchev–Trinajstić information content (AvgIpc) is 2.52. The molecule has 0 aliphatic heterocycles. The Balaban J connectivity index is 2.01. The van der Waals surface area contributed by atoms with Gasteiger partial charge in [0.2, 0.25) is 0 Å². The molecule has 3 nitrogen and oxygen atoms in total. The van der Waals surface area contributed by atoms with Gasteiger partial charge in [0.1, 0.15) is 0 Å². The monoisotopic (exact) mass is 323 g/mol. The molecule has 2 rings (SSSR count). The van der Waals surface area contributed by atoms with E-state index in [0.29, 0.717) is 6.54 Å². The number of nitrogens with one attached hydrogen (secondary N) is 1. The van der Waals surface area contributed by atoms with E-state index in [9.17, 15) is 5.11 Å². The summed E-state index contributed by atoms with van der Waals surface area (Å²) in [5.41, 5.74) is 2.04. The van der Waals surface area contributed by atoms with Crippen LogP contribution in [0.1, 0.15) is 5.56 Å². The van der Waals surface area contributed by atoms with E-state index in [-0.39, 0.29) is 6.61 Å². The summed E-state index contributed by atoms with van der Waals surface area (Å²) in [5, 5.41) is 22.2. The summed E-state index contributed by atoms with van der Waals surface area (Å²) in [7, 11) is 0. The third kappa shape index (κ3) is 4.93. The Labute approximate surface area is 134 Å². The molecule has 21 heavy (non-hydrogen) atoms. The van der Waals surface area contributed by atoms with Crippen LogP contribution in [0.25, 0.3) is 0 Å². The molecule has 0 spiro atoms. The van der Waals surface area contributed by atoms with Crippen molar-refractivity contribution < 1.29 is 10.2 Å². The molecule has 2 aromatic carbocycles. The highest BCUT2D eigenvalue weighted by molar-refractivity contribution is 7.98. The fourth-order valence-corrected chi connectivity index (χ4v) is 3.12. The maximum Gasteiger partial charge on any atom is 0.0942 e. The minimum atomic E-state index is -0.758. The number of rotatable bonds is 7. The number of hydrogen-bond acceptors (Lipinski definition) is 4. The van der Waals surface area contributed by atoms with E-state index >= 15 is 0 Å². The van der Waals surface area contributed by atoms with Crippen molar-refractivity contribution in [2.45, 2.75) is 16.8 Å². The molecule has 0 aromatic heterocycles. The first-order valence-electron chi connectivity index (χ1n) is 6.68. The second-order valence-electron chi connectivity index (χ2n) is 4.59. The number of aliphatic hydroxyl groups excluding tert-OH is 2. The Kier molecular flexibility index (Phi) is 6.39. The van der Waals surface area contributed by atoms with Gasteiger partial charge in [0.05, 0.1) is 12.7 Å². The van der Waals surface area contributed by atoms with Crippen molar-refractivity contribution in [1.82, 2.24) is 0 Å². The molecule has 3 N–H and O–H groups in total. The Bertz CT molecular complexity index is 580. The zero-order chi connectivity index (χ0) is 15.1. The summed E-state index contributed by atoms with van der Waals surface area (Å²) in [6.07, 6.45) is -0.758. The van der Waals surface area contributed by atoms with Crippen LogP contribution in [0.3, 0.4) is 0 Å². The number of hydrogen-bond donors (Lipinski definition) is 3. The summed E-state index contributed by atoms with van der Waals surface area (Å²) in [5.74, 6) is 0.779. The zero-order valence-corrected chi connectivity index (χ0v) is 13.1. The molecule has 0 fully saturated rings. The number of para-hydroxylation sites is 1. The normalized spacial score (nSPS) is 12.1. The van der Waals surface area contributed by atoms with Crippen LogP contribution in [0.4, 0.5) is 5.69 Å². The third-order valence-electron chi connectivity index (χ3n) is 2.97. The van der Waals surface area contributed by atoms with Crippen molar-refractivity contribution in [3.8, 4) is 0 Å². The van der Waals surface area contributed by atoms with E-state index < -0.39 is 6.10 Å². The first-order chi connectivity index (χ1) is 10.2. The van der Waals surface area contributed by atoms with Gasteiger partial charge >= 0.3 is 0 Å². The molecule has 0 bridgehead atoms. The van der Waals surface area contributed by atoms with Crippen LogP contribution in [-0.2, 0) is 5.75 Å². The topological polar surface area (TPSA) is 52.5 Å². The molecule has 0 saturated carbocycles. The lowest BCUT2D eigenvalue weighted by molar-refractivity contribution is 0.105. The van der Waals surface area contributed by atoms with E-state index in [4.69, 9.17) is 16.7 Å². The average molecular weight is 324 g/mol. The van der Waals surface area contributed by atoms with Crippen molar-refractivity contribution >= 4 is 29.1 Å². The van der Waals surface area contributed by atoms with Gasteiger partial charge in [-0.1, -0.05) is 41.9 Å². The number of anilines is 1. The van der Waals surface area contributed by atoms with Gasteiger partial charge in [0.25, 0.3) is 0 Å². The molecule has 1 unspecified atom stereocenters. The van der Waals surface area contributed by atoms with Crippen molar-refractivity contribution in [2.24, 2.45) is 0 Å². The highest BCUT2D eigenvalue weighted by Gasteiger charge is 2.07. The lowest BCUT2D eigenvalue weighted by Gasteiger charge is -2.14. The van der Waals surface area contributed by atoms with Gasteiger partial charge in [0, 0.05) is 27.9 Å². The van der Waals surface area contributed by atoms with Crippen LogP contribution in [-0.4, -0.2) is 29.5 Å². The molecular formula is C16H18ClNO2S. The van der Waals surface area contributed by atoms with Crippen LogP contribution in [0.2, 0.25) is 5.02 Å². The smallest absolute Gasteiger partial charge is 0.0942 e. The van der Waals surface area contributed by atoms with Gasteiger partial charge < -0.3 is 15.5 Å². The maximum atomic E-state index is 9.42.